The first-order valence-electron chi connectivity index (χ1n) is 12.2. The van der Waals surface area contributed by atoms with E-state index in [2.05, 4.69) is 54.0 Å². The van der Waals surface area contributed by atoms with Crippen molar-refractivity contribution in [3.05, 3.63) is 29.5 Å². The van der Waals surface area contributed by atoms with E-state index < -0.39 is 5.60 Å². The highest BCUT2D eigenvalue weighted by Gasteiger charge is 2.48. The fourth-order valence-corrected chi connectivity index (χ4v) is 5.34. The second kappa shape index (κ2) is 7.65. The number of rotatable bonds is 4. The molecule has 1 aromatic heterocycles. The number of anilines is 1. The zero-order valence-electron chi connectivity index (χ0n) is 19.8. The monoisotopic (exact) mass is 451 g/mol. The lowest BCUT2D eigenvalue weighted by atomic mass is 9.83. The van der Waals surface area contributed by atoms with Gasteiger partial charge in [0, 0.05) is 58.7 Å². The van der Waals surface area contributed by atoms with Crippen LogP contribution in [-0.2, 0) is 17.4 Å². The second-order valence-electron chi connectivity index (χ2n) is 10.2. The number of likely N-dealkylation sites (tertiary alicyclic amines) is 1. The lowest BCUT2D eigenvalue weighted by Crippen LogP contribution is -2.56. The normalized spacial score (nSPS) is 21.1. The van der Waals surface area contributed by atoms with E-state index in [9.17, 15) is 4.79 Å². The van der Waals surface area contributed by atoms with Crippen molar-refractivity contribution in [2.45, 2.75) is 44.2 Å². The molecule has 4 aliphatic rings. The van der Waals surface area contributed by atoms with Gasteiger partial charge in [-0.05, 0) is 43.4 Å². The molecule has 0 radical (unpaired) electrons. The maximum absolute atomic E-state index is 12.6. The standard InChI is InChI=1S/C25H33N5O3/c1-16-4-7-19-20(12-16)33-25(8-10-30(11-9-25)24(31)32-15-17-5-6-17)22-21(19)27-23(29(22)3)28(2)18-13-26-14-18/h4,7,12,17-18,26H,5-6,8-11,13-15H2,1-3H3. The number of ether oxygens (including phenoxy) is 2. The number of likely N-dealkylation sites (N-methyl/N-ethyl adjacent to an activating group) is 1. The molecule has 1 amide bonds. The van der Waals surface area contributed by atoms with Crippen molar-refractivity contribution in [2.75, 3.05) is 44.7 Å². The second-order valence-corrected chi connectivity index (χ2v) is 10.2. The highest BCUT2D eigenvalue weighted by Crippen LogP contribution is 2.50. The average Bonchev–Trinajstić information content (AvgIpc) is 3.52. The number of hydrogen-bond donors (Lipinski definition) is 1. The number of hydrogen-bond acceptors (Lipinski definition) is 6. The van der Waals surface area contributed by atoms with Crippen molar-refractivity contribution in [3.8, 4) is 17.0 Å². The molecule has 1 aliphatic carbocycles. The van der Waals surface area contributed by atoms with Crippen LogP contribution in [0.5, 0.6) is 5.75 Å². The van der Waals surface area contributed by atoms with Crippen molar-refractivity contribution in [2.24, 2.45) is 13.0 Å². The van der Waals surface area contributed by atoms with Crippen LogP contribution in [-0.4, -0.2) is 66.4 Å². The van der Waals surface area contributed by atoms with Crippen molar-refractivity contribution in [3.63, 3.8) is 0 Å². The number of benzene rings is 1. The molecule has 1 aromatic carbocycles. The van der Waals surface area contributed by atoms with Crippen LogP contribution in [0.3, 0.4) is 0 Å². The summed E-state index contributed by atoms with van der Waals surface area (Å²) in [5.74, 6) is 2.43. The van der Waals surface area contributed by atoms with E-state index in [-0.39, 0.29) is 6.09 Å². The van der Waals surface area contributed by atoms with Crippen LogP contribution in [0.1, 0.15) is 36.9 Å². The van der Waals surface area contributed by atoms with Gasteiger partial charge in [0.2, 0.25) is 5.95 Å². The molecule has 1 N–H and O–H groups in total. The molecule has 3 fully saturated rings. The Morgan fingerprint density at radius 3 is 2.73 bits per heavy atom. The van der Waals surface area contributed by atoms with Gasteiger partial charge in [-0.3, -0.25) is 0 Å². The van der Waals surface area contributed by atoms with Gasteiger partial charge in [-0.1, -0.05) is 6.07 Å². The predicted octanol–water partition coefficient (Wildman–Crippen LogP) is 3.03. The van der Waals surface area contributed by atoms with Crippen molar-refractivity contribution in [1.29, 1.82) is 0 Å². The molecule has 0 unspecified atom stereocenters. The molecule has 1 spiro atoms. The minimum atomic E-state index is -0.498. The zero-order chi connectivity index (χ0) is 22.7. The summed E-state index contributed by atoms with van der Waals surface area (Å²) in [7, 11) is 4.23. The lowest BCUT2D eigenvalue weighted by Gasteiger charge is -2.44. The van der Waals surface area contributed by atoms with Gasteiger partial charge in [-0.2, -0.15) is 0 Å². The highest BCUT2D eigenvalue weighted by atomic mass is 16.6. The van der Waals surface area contributed by atoms with Gasteiger partial charge >= 0.3 is 6.09 Å². The molecule has 176 valence electrons. The lowest BCUT2D eigenvalue weighted by molar-refractivity contribution is -0.0109. The van der Waals surface area contributed by atoms with Gasteiger partial charge in [-0.25, -0.2) is 9.78 Å². The topological polar surface area (TPSA) is 71.9 Å². The molecule has 2 saturated heterocycles. The van der Waals surface area contributed by atoms with Crippen LogP contribution >= 0.6 is 0 Å². The minimum absolute atomic E-state index is 0.188. The van der Waals surface area contributed by atoms with Crippen LogP contribution in [0.15, 0.2) is 18.2 Å². The Balaban J connectivity index is 1.33. The number of imidazole rings is 1. The maximum atomic E-state index is 12.6. The largest absolute Gasteiger partial charge is 0.480 e. The maximum Gasteiger partial charge on any atom is 0.409 e. The molecule has 6 rings (SSSR count). The smallest absolute Gasteiger partial charge is 0.409 e. The summed E-state index contributed by atoms with van der Waals surface area (Å²) >= 11 is 0. The number of aryl methyl sites for hydroxylation is 1. The summed E-state index contributed by atoms with van der Waals surface area (Å²) in [6, 6.07) is 6.81. The van der Waals surface area contributed by atoms with Gasteiger partial charge in [0.15, 0.2) is 5.60 Å². The molecule has 8 nitrogen and oxygen atoms in total. The van der Waals surface area contributed by atoms with Crippen molar-refractivity contribution >= 4 is 12.0 Å². The molecular weight excluding hydrogens is 418 g/mol. The Hall–Kier alpha value is -2.74. The van der Waals surface area contributed by atoms with Crippen molar-refractivity contribution < 1.29 is 14.3 Å². The molecule has 2 aromatic rings. The third-order valence-corrected chi connectivity index (χ3v) is 7.79. The van der Waals surface area contributed by atoms with E-state index in [0.29, 0.717) is 31.7 Å². The first kappa shape index (κ1) is 20.8. The average molecular weight is 452 g/mol. The summed E-state index contributed by atoms with van der Waals surface area (Å²) in [6.45, 7) is 5.83. The van der Waals surface area contributed by atoms with Gasteiger partial charge in [-0.15, -0.1) is 0 Å². The van der Waals surface area contributed by atoms with Gasteiger partial charge < -0.3 is 29.2 Å². The fourth-order valence-electron chi connectivity index (χ4n) is 5.34. The number of amides is 1. The van der Waals surface area contributed by atoms with Crippen LogP contribution in [0.25, 0.3) is 11.3 Å². The molecule has 8 heteroatoms. The number of carbonyl (C=O) groups is 1. The Morgan fingerprint density at radius 2 is 2.06 bits per heavy atom. The Bertz CT molecular complexity index is 1080. The first-order chi connectivity index (χ1) is 15.9. The Kier molecular flexibility index (Phi) is 4.83. The fraction of sp³-hybridized carbons (Fsp3) is 0.600. The van der Waals surface area contributed by atoms with E-state index >= 15 is 0 Å². The SMILES string of the molecule is Cc1ccc2c(c1)OC1(CCN(C(=O)OCC3CC3)CC1)c1c-2nc(N(C)C2CNC2)n1C. The third-order valence-electron chi connectivity index (χ3n) is 7.79. The summed E-state index contributed by atoms with van der Waals surface area (Å²) in [6.07, 6.45) is 3.62. The van der Waals surface area contributed by atoms with Crippen LogP contribution in [0.2, 0.25) is 0 Å². The number of nitrogens with one attached hydrogen (secondary N) is 1. The molecule has 0 atom stereocenters. The van der Waals surface area contributed by atoms with E-state index in [1.165, 1.54) is 18.4 Å². The number of aromatic nitrogens is 2. The Labute approximate surface area is 194 Å². The number of nitrogens with zero attached hydrogens (tertiary/aromatic N) is 4. The molecule has 0 bridgehead atoms. The summed E-state index contributed by atoms with van der Waals surface area (Å²) in [5, 5.41) is 3.36. The number of carbonyl (C=O) groups excluding carboxylic acids is 1. The Morgan fingerprint density at radius 1 is 1.30 bits per heavy atom. The van der Waals surface area contributed by atoms with Crippen LogP contribution < -0.4 is 15.0 Å². The molecule has 1 saturated carbocycles. The highest BCUT2D eigenvalue weighted by molar-refractivity contribution is 5.75. The summed E-state index contributed by atoms with van der Waals surface area (Å²) in [4.78, 5) is 21.9. The molecular formula is C25H33N5O3. The first-order valence-corrected chi connectivity index (χ1v) is 12.2. The van der Waals surface area contributed by atoms with E-state index in [4.69, 9.17) is 14.5 Å². The van der Waals surface area contributed by atoms with Gasteiger partial charge in [0.25, 0.3) is 0 Å². The molecule has 4 heterocycles. The van der Waals surface area contributed by atoms with Gasteiger partial charge in [0.05, 0.1) is 18.3 Å². The van der Waals surface area contributed by atoms with Crippen LogP contribution in [0, 0.1) is 12.8 Å². The van der Waals surface area contributed by atoms with Gasteiger partial charge in [0.1, 0.15) is 11.4 Å². The minimum Gasteiger partial charge on any atom is -0.480 e. The third kappa shape index (κ3) is 3.46. The van der Waals surface area contributed by atoms with E-state index in [1.807, 2.05) is 4.90 Å². The molecule has 33 heavy (non-hydrogen) atoms. The molecule has 3 aliphatic heterocycles. The van der Waals surface area contributed by atoms with E-state index in [1.54, 1.807) is 0 Å². The number of piperidine rings is 1. The van der Waals surface area contributed by atoms with E-state index in [0.717, 1.165) is 54.6 Å². The van der Waals surface area contributed by atoms with Crippen molar-refractivity contribution in [1.82, 2.24) is 19.8 Å². The number of fused-ring (bicyclic) bond motifs is 4. The summed E-state index contributed by atoms with van der Waals surface area (Å²) in [5.41, 5.74) is 3.86. The summed E-state index contributed by atoms with van der Waals surface area (Å²) < 4.78 is 14.6. The quantitative estimate of drug-likeness (QED) is 0.771. The zero-order valence-corrected chi connectivity index (χ0v) is 19.8. The van der Waals surface area contributed by atoms with Crippen LogP contribution in [0.4, 0.5) is 10.7 Å². The predicted molar refractivity (Wildman–Crippen MR) is 126 cm³/mol.